The van der Waals surface area contributed by atoms with E-state index in [4.69, 9.17) is 4.74 Å². The average molecular weight is 490 g/mol. The molecule has 1 heterocycles. The molecule has 2 amide bonds. The van der Waals surface area contributed by atoms with Crippen LogP contribution in [-0.4, -0.2) is 59.4 Å². The van der Waals surface area contributed by atoms with Gasteiger partial charge in [0.15, 0.2) is 5.92 Å². The number of aliphatic carboxylic acids is 1. The number of carbonyl (C=O) groups excluding carboxylic acids is 2. The number of alkyl halides is 3. The van der Waals surface area contributed by atoms with Crippen LogP contribution in [0.15, 0.2) is 48.5 Å². The van der Waals surface area contributed by atoms with Crippen LogP contribution in [0.5, 0.6) is 0 Å². The number of carboxylic acid groups (broad SMARTS) is 1. The fourth-order valence-corrected chi connectivity index (χ4v) is 4.90. The molecule has 0 bridgehead atoms. The van der Waals surface area contributed by atoms with Gasteiger partial charge in [-0.25, -0.2) is 9.59 Å². The van der Waals surface area contributed by atoms with Gasteiger partial charge in [-0.15, -0.1) is 0 Å². The third-order valence-electron chi connectivity index (χ3n) is 6.86. The van der Waals surface area contributed by atoms with Crippen molar-refractivity contribution in [1.82, 2.24) is 10.2 Å². The summed E-state index contributed by atoms with van der Waals surface area (Å²) in [5, 5.41) is 11.5. The fraction of sp³-hybridized carbons (Fsp3) is 0.400. The van der Waals surface area contributed by atoms with E-state index in [9.17, 15) is 32.7 Å². The van der Waals surface area contributed by atoms with Crippen LogP contribution >= 0.6 is 0 Å². The molecule has 0 radical (unpaired) electrons. The van der Waals surface area contributed by atoms with Gasteiger partial charge in [0.05, 0.1) is 0 Å². The van der Waals surface area contributed by atoms with Gasteiger partial charge in [-0.05, 0) is 42.0 Å². The maximum atomic E-state index is 13.7. The molecule has 1 saturated heterocycles. The molecule has 1 fully saturated rings. The molecular formula is C25H25F3N2O5. The quantitative estimate of drug-likeness (QED) is 0.634. The third-order valence-corrected chi connectivity index (χ3v) is 6.86. The number of benzene rings is 2. The number of halogens is 3. The van der Waals surface area contributed by atoms with E-state index in [0.29, 0.717) is 0 Å². The number of nitrogens with zero attached hydrogens (tertiary/aromatic N) is 1. The Hall–Kier alpha value is -3.56. The summed E-state index contributed by atoms with van der Waals surface area (Å²) in [5.74, 6) is -5.60. The number of fused-ring (bicyclic) bond motifs is 3. The molecule has 186 valence electrons. The zero-order chi connectivity index (χ0) is 25.4. The molecule has 4 rings (SSSR count). The van der Waals surface area contributed by atoms with Crippen LogP contribution in [0.2, 0.25) is 0 Å². The number of carboxylic acids is 1. The van der Waals surface area contributed by atoms with Crippen LogP contribution in [0.1, 0.15) is 36.8 Å². The second-order valence-electron chi connectivity index (χ2n) is 8.97. The second-order valence-corrected chi connectivity index (χ2v) is 8.97. The number of amides is 2. The number of hydrogen-bond acceptors (Lipinski definition) is 4. The number of rotatable bonds is 6. The highest BCUT2D eigenvalue weighted by Crippen LogP contribution is 2.44. The summed E-state index contributed by atoms with van der Waals surface area (Å²) >= 11 is 0. The Labute approximate surface area is 199 Å². The minimum atomic E-state index is -4.98. The van der Waals surface area contributed by atoms with Gasteiger partial charge >= 0.3 is 18.2 Å². The van der Waals surface area contributed by atoms with E-state index in [1.54, 1.807) is 0 Å². The van der Waals surface area contributed by atoms with Crippen LogP contribution in [0.25, 0.3) is 11.1 Å². The minimum absolute atomic E-state index is 0.0540. The normalized spacial score (nSPS) is 20.2. The Bertz CT molecular complexity index is 1110. The number of likely N-dealkylation sites (tertiary alicyclic amines) is 1. The maximum Gasteiger partial charge on any atom is 0.407 e. The summed E-state index contributed by atoms with van der Waals surface area (Å²) < 4.78 is 46.4. The van der Waals surface area contributed by atoms with Crippen molar-refractivity contribution >= 4 is 18.0 Å². The Kier molecular flexibility index (Phi) is 6.48. The fourth-order valence-electron chi connectivity index (χ4n) is 4.90. The van der Waals surface area contributed by atoms with Crippen LogP contribution < -0.4 is 5.32 Å². The second kappa shape index (κ2) is 9.24. The van der Waals surface area contributed by atoms with E-state index in [1.807, 2.05) is 53.8 Å². The first kappa shape index (κ1) is 24.6. The molecule has 10 heteroatoms. The molecule has 0 aromatic heterocycles. The van der Waals surface area contributed by atoms with Crippen LogP contribution in [-0.2, 0) is 14.3 Å². The number of carbonyl (C=O) groups is 3. The van der Waals surface area contributed by atoms with Gasteiger partial charge in [0, 0.05) is 19.0 Å². The number of ether oxygens (including phenoxy) is 1. The van der Waals surface area contributed by atoms with Crippen molar-refractivity contribution in [2.24, 2.45) is 5.92 Å². The lowest BCUT2D eigenvalue weighted by molar-refractivity contribution is -0.192. The van der Waals surface area contributed by atoms with Crippen molar-refractivity contribution in [3.05, 3.63) is 59.7 Å². The van der Waals surface area contributed by atoms with Gasteiger partial charge in [-0.3, -0.25) is 4.79 Å². The first-order valence-electron chi connectivity index (χ1n) is 11.2. The van der Waals surface area contributed by atoms with Crippen LogP contribution in [0.4, 0.5) is 18.0 Å². The molecular weight excluding hydrogens is 465 g/mol. The Morgan fingerprint density at radius 2 is 1.69 bits per heavy atom. The highest BCUT2D eigenvalue weighted by Gasteiger charge is 2.53. The molecule has 2 atom stereocenters. The highest BCUT2D eigenvalue weighted by molar-refractivity contribution is 5.89. The lowest BCUT2D eigenvalue weighted by Gasteiger charge is -2.34. The average Bonchev–Trinajstić information content (AvgIpc) is 3.36. The predicted molar refractivity (Wildman–Crippen MR) is 120 cm³/mol. The summed E-state index contributed by atoms with van der Waals surface area (Å²) in [5.41, 5.74) is 2.20. The van der Waals surface area contributed by atoms with Crippen molar-refractivity contribution in [3.63, 3.8) is 0 Å². The molecule has 1 unspecified atom stereocenters. The maximum absolute atomic E-state index is 13.7. The Morgan fingerprint density at radius 1 is 1.11 bits per heavy atom. The van der Waals surface area contributed by atoms with Crippen molar-refractivity contribution in [1.29, 1.82) is 0 Å². The molecule has 2 aromatic rings. The molecule has 0 spiro atoms. The van der Waals surface area contributed by atoms with E-state index < -0.39 is 42.1 Å². The van der Waals surface area contributed by atoms with E-state index in [2.05, 4.69) is 0 Å². The van der Waals surface area contributed by atoms with Crippen LogP contribution in [0, 0.1) is 5.92 Å². The molecule has 2 N–H and O–H groups in total. The lowest BCUT2D eigenvalue weighted by atomic mass is 9.97. The molecule has 35 heavy (non-hydrogen) atoms. The topological polar surface area (TPSA) is 95.9 Å². The van der Waals surface area contributed by atoms with E-state index in [0.717, 1.165) is 27.2 Å². The minimum Gasteiger partial charge on any atom is -0.480 e. The molecule has 0 saturated carbocycles. The van der Waals surface area contributed by atoms with Crippen molar-refractivity contribution in [2.45, 2.75) is 37.4 Å². The van der Waals surface area contributed by atoms with Gasteiger partial charge in [0.25, 0.3) is 0 Å². The zero-order valence-electron chi connectivity index (χ0n) is 19.0. The summed E-state index contributed by atoms with van der Waals surface area (Å²) in [6.07, 6.45) is -5.73. The van der Waals surface area contributed by atoms with Crippen molar-refractivity contribution < 1.29 is 37.4 Å². The predicted octanol–water partition coefficient (Wildman–Crippen LogP) is 4.17. The van der Waals surface area contributed by atoms with Gasteiger partial charge in [-0.1, -0.05) is 48.5 Å². The summed E-state index contributed by atoms with van der Waals surface area (Å²) in [4.78, 5) is 37.4. The van der Waals surface area contributed by atoms with Gasteiger partial charge in [0.2, 0.25) is 5.91 Å². The van der Waals surface area contributed by atoms with Gasteiger partial charge < -0.3 is 20.1 Å². The first-order valence-corrected chi connectivity index (χ1v) is 11.2. The zero-order valence-corrected chi connectivity index (χ0v) is 19.0. The monoisotopic (exact) mass is 490 g/mol. The third kappa shape index (κ3) is 4.56. The summed E-state index contributed by atoms with van der Waals surface area (Å²) in [7, 11) is 0. The molecule has 7 nitrogen and oxygen atoms in total. The SMILES string of the molecule is C[C@@]1(C(=O)O)CCCN1C(=O)C(CNC(=O)OCC1c2ccccc2-c2ccccc21)C(F)(F)F. The van der Waals surface area contributed by atoms with Crippen molar-refractivity contribution in [3.8, 4) is 11.1 Å². The molecule has 2 aromatic carbocycles. The Balaban J connectivity index is 1.42. The standard InChI is InChI=1S/C25H25F3N2O5/c1-24(22(32)33)11-6-12-30(24)21(31)20(25(26,27)28)13-29-23(34)35-14-19-17-9-4-2-7-15(17)16-8-3-5-10-18(16)19/h2-5,7-10,19-20H,6,11-14H2,1H3,(H,29,34)(H,32,33)/t20?,24-/m0/s1. The van der Waals surface area contributed by atoms with Crippen LogP contribution in [0.3, 0.4) is 0 Å². The first-order chi connectivity index (χ1) is 16.5. The van der Waals surface area contributed by atoms with E-state index in [-0.39, 0.29) is 31.9 Å². The lowest BCUT2D eigenvalue weighted by Crippen LogP contribution is -2.56. The molecule has 1 aliphatic heterocycles. The van der Waals surface area contributed by atoms with Crippen molar-refractivity contribution in [2.75, 3.05) is 19.7 Å². The van der Waals surface area contributed by atoms with E-state index in [1.165, 1.54) is 6.92 Å². The summed E-state index contributed by atoms with van der Waals surface area (Å²) in [6.45, 7) is -0.00922. The molecule has 2 aliphatic rings. The number of hydrogen-bond donors (Lipinski definition) is 2. The molecule has 1 aliphatic carbocycles. The smallest absolute Gasteiger partial charge is 0.407 e. The number of nitrogens with one attached hydrogen (secondary N) is 1. The van der Waals surface area contributed by atoms with E-state index >= 15 is 0 Å². The van der Waals surface area contributed by atoms with Gasteiger partial charge in [-0.2, -0.15) is 13.2 Å². The highest BCUT2D eigenvalue weighted by atomic mass is 19.4. The number of alkyl carbamates (subject to hydrolysis) is 1. The summed E-state index contributed by atoms with van der Waals surface area (Å²) in [6, 6.07) is 15.3. The van der Waals surface area contributed by atoms with Gasteiger partial charge in [0.1, 0.15) is 12.1 Å². The Morgan fingerprint density at radius 3 is 2.23 bits per heavy atom. The largest absolute Gasteiger partial charge is 0.480 e.